The van der Waals surface area contributed by atoms with Gasteiger partial charge in [-0.3, -0.25) is 4.79 Å². The first kappa shape index (κ1) is 22.2. The van der Waals surface area contributed by atoms with Gasteiger partial charge in [-0.1, -0.05) is 68.8 Å². The molecule has 0 radical (unpaired) electrons. The summed E-state index contributed by atoms with van der Waals surface area (Å²) in [5.74, 6) is 0.807. The fraction of sp³-hybridized carbons (Fsp3) is 0.480. The van der Waals surface area contributed by atoms with Gasteiger partial charge in [0.25, 0.3) is 0 Å². The highest BCUT2D eigenvalue weighted by atomic mass is 16.2. The Kier molecular flexibility index (Phi) is 9.78. The number of para-hydroxylation sites is 1. The molecule has 28 heavy (non-hydrogen) atoms. The first-order valence-corrected chi connectivity index (χ1v) is 10.7. The van der Waals surface area contributed by atoms with Crippen molar-refractivity contribution >= 4 is 11.6 Å². The van der Waals surface area contributed by atoms with E-state index in [1.807, 2.05) is 48.2 Å². The van der Waals surface area contributed by atoms with Gasteiger partial charge in [-0.25, -0.2) is 0 Å². The van der Waals surface area contributed by atoms with Crippen molar-refractivity contribution in [3.05, 3.63) is 66.2 Å². The maximum absolute atomic E-state index is 12.3. The lowest BCUT2D eigenvalue weighted by Crippen LogP contribution is -2.38. The van der Waals surface area contributed by atoms with Crippen LogP contribution in [0, 0.1) is 5.92 Å². The van der Waals surface area contributed by atoms with Gasteiger partial charge in [-0.15, -0.1) is 0 Å². The molecule has 0 saturated carbocycles. The zero-order valence-electron chi connectivity index (χ0n) is 17.8. The number of hydrogen-bond donors (Lipinski definition) is 0. The molecule has 2 aromatic carbocycles. The first-order chi connectivity index (χ1) is 13.6. The van der Waals surface area contributed by atoms with E-state index in [0.717, 1.165) is 25.2 Å². The Morgan fingerprint density at radius 1 is 1.00 bits per heavy atom. The minimum absolute atomic E-state index is 0.225. The molecule has 0 aliphatic carbocycles. The Bertz CT molecular complexity index is 671. The minimum atomic E-state index is 0.225. The molecular weight excluding hydrogens is 344 g/mol. The minimum Gasteiger partial charge on any atom is -0.312 e. The second kappa shape index (κ2) is 12.4. The molecule has 0 bridgehead atoms. The Morgan fingerprint density at radius 3 is 2.21 bits per heavy atom. The highest BCUT2D eigenvalue weighted by molar-refractivity contribution is 5.93. The predicted molar refractivity (Wildman–Crippen MR) is 120 cm³/mol. The smallest absolute Gasteiger partial charge is 0.226 e. The van der Waals surface area contributed by atoms with Gasteiger partial charge in [-0.2, -0.15) is 0 Å². The van der Waals surface area contributed by atoms with Crippen LogP contribution in [0.1, 0.15) is 45.1 Å². The number of likely N-dealkylation sites (tertiary alicyclic amines) is 1. The zero-order valence-corrected chi connectivity index (χ0v) is 17.8. The van der Waals surface area contributed by atoms with Crippen molar-refractivity contribution in [3.63, 3.8) is 0 Å². The van der Waals surface area contributed by atoms with Crippen LogP contribution in [-0.4, -0.2) is 37.5 Å². The van der Waals surface area contributed by atoms with Crippen LogP contribution >= 0.6 is 0 Å². The van der Waals surface area contributed by atoms with Crippen molar-refractivity contribution in [1.29, 1.82) is 0 Å². The van der Waals surface area contributed by atoms with E-state index in [0.29, 0.717) is 12.3 Å². The van der Waals surface area contributed by atoms with E-state index in [2.05, 4.69) is 43.1 Å². The second-order valence-electron chi connectivity index (χ2n) is 7.66. The molecule has 1 heterocycles. The third-order valence-electron chi connectivity index (χ3n) is 5.34. The van der Waals surface area contributed by atoms with Gasteiger partial charge < -0.3 is 9.80 Å². The predicted octanol–water partition coefficient (Wildman–Crippen LogP) is 5.41. The molecule has 0 N–H and O–H groups in total. The van der Waals surface area contributed by atoms with Crippen molar-refractivity contribution in [2.75, 3.05) is 31.6 Å². The molecule has 3 nitrogen and oxygen atoms in total. The van der Waals surface area contributed by atoms with Gasteiger partial charge in [-0.05, 0) is 56.5 Å². The summed E-state index contributed by atoms with van der Waals surface area (Å²) < 4.78 is 0. The monoisotopic (exact) mass is 380 g/mol. The number of amides is 1. The van der Waals surface area contributed by atoms with E-state index in [4.69, 9.17) is 0 Å². The summed E-state index contributed by atoms with van der Waals surface area (Å²) in [5.41, 5.74) is 2.44. The summed E-state index contributed by atoms with van der Waals surface area (Å²) in [6, 6.07) is 20.5. The second-order valence-corrected chi connectivity index (χ2v) is 7.66. The Hall–Kier alpha value is -2.13. The van der Waals surface area contributed by atoms with Crippen molar-refractivity contribution in [2.45, 2.75) is 46.0 Å². The van der Waals surface area contributed by atoms with Crippen molar-refractivity contribution in [1.82, 2.24) is 4.90 Å². The summed E-state index contributed by atoms with van der Waals surface area (Å²) >= 11 is 0. The topological polar surface area (TPSA) is 23.6 Å². The van der Waals surface area contributed by atoms with Crippen LogP contribution in [0.5, 0.6) is 0 Å². The Labute approximate surface area is 171 Å². The summed E-state index contributed by atoms with van der Waals surface area (Å²) in [4.78, 5) is 16.6. The van der Waals surface area contributed by atoms with E-state index >= 15 is 0 Å². The normalized spacial score (nSPS) is 17.2. The van der Waals surface area contributed by atoms with Gasteiger partial charge in [0, 0.05) is 25.2 Å². The van der Waals surface area contributed by atoms with E-state index in [9.17, 15) is 4.79 Å². The molecule has 1 aliphatic rings. The average Bonchev–Trinajstić information content (AvgIpc) is 2.96. The molecule has 152 valence electrons. The fourth-order valence-electron chi connectivity index (χ4n) is 3.71. The molecule has 1 aliphatic heterocycles. The van der Waals surface area contributed by atoms with Gasteiger partial charge in [0.15, 0.2) is 0 Å². The van der Waals surface area contributed by atoms with Gasteiger partial charge in [0.1, 0.15) is 0 Å². The van der Waals surface area contributed by atoms with E-state index in [1.165, 1.54) is 31.4 Å². The summed E-state index contributed by atoms with van der Waals surface area (Å²) in [7, 11) is 2.19. The van der Waals surface area contributed by atoms with Crippen LogP contribution in [0.4, 0.5) is 5.69 Å². The number of carbonyl (C=O) groups is 1. The Morgan fingerprint density at radius 2 is 1.64 bits per heavy atom. The number of aryl methyl sites for hydroxylation is 1. The number of anilines is 1. The molecule has 1 fully saturated rings. The van der Waals surface area contributed by atoms with Crippen LogP contribution in [-0.2, 0) is 11.2 Å². The molecule has 1 saturated heterocycles. The number of benzene rings is 2. The standard InChI is InChI=1S/C17H26N2O.C8H10/c1-3-17(20)19(16-10-5-4-6-11-16)14-15-9-7-8-12-18(2)13-15;1-2-8-6-4-3-5-7-8/h4-6,10-11,15H,3,7-9,12-14H2,1-2H3;3-7H,2H2,1H3. The van der Waals surface area contributed by atoms with Crippen LogP contribution in [0.3, 0.4) is 0 Å². The summed E-state index contributed by atoms with van der Waals surface area (Å²) in [6.45, 7) is 7.23. The van der Waals surface area contributed by atoms with Gasteiger partial charge >= 0.3 is 0 Å². The summed E-state index contributed by atoms with van der Waals surface area (Å²) in [6.07, 6.45) is 5.49. The zero-order chi connectivity index (χ0) is 20.2. The maximum Gasteiger partial charge on any atom is 0.226 e. The molecule has 3 rings (SSSR count). The van der Waals surface area contributed by atoms with Gasteiger partial charge in [0.2, 0.25) is 5.91 Å². The summed E-state index contributed by atoms with van der Waals surface area (Å²) in [5, 5.41) is 0. The molecule has 2 aromatic rings. The fourth-order valence-corrected chi connectivity index (χ4v) is 3.71. The van der Waals surface area contributed by atoms with E-state index in [1.54, 1.807) is 0 Å². The van der Waals surface area contributed by atoms with Crippen LogP contribution in [0.25, 0.3) is 0 Å². The van der Waals surface area contributed by atoms with E-state index < -0.39 is 0 Å². The average molecular weight is 381 g/mol. The molecule has 1 amide bonds. The molecule has 0 spiro atoms. The van der Waals surface area contributed by atoms with Crippen molar-refractivity contribution < 1.29 is 4.79 Å². The van der Waals surface area contributed by atoms with Crippen molar-refractivity contribution in [2.24, 2.45) is 5.92 Å². The third-order valence-corrected chi connectivity index (χ3v) is 5.34. The Balaban J connectivity index is 0.000000292. The highest BCUT2D eigenvalue weighted by Gasteiger charge is 2.22. The first-order valence-electron chi connectivity index (χ1n) is 10.7. The van der Waals surface area contributed by atoms with Crippen LogP contribution < -0.4 is 4.90 Å². The lowest BCUT2D eigenvalue weighted by Gasteiger charge is -2.28. The lowest BCUT2D eigenvalue weighted by atomic mass is 10.0. The molecule has 0 aromatic heterocycles. The van der Waals surface area contributed by atoms with E-state index in [-0.39, 0.29) is 5.91 Å². The maximum atomic E-state index is 12.3. The highest BCUT2D eigenvalue weighted by Crippen LogP contribution is 2.21. The van der Waals surface area contributed by atoms with Crippen LogP contribution in [0.15, 0.2) is 60.7 Å². The number of hydrogen-bond acceptors (Lipinski definition) is 2. The molecule has 1 unspecified atom stereocenters. The third kappa shape index (κ3) is 7.47. The quantitative estimate of drug-likeness (QED) is 0.692. The number of rotatable bonds is 5. The van der Waals surface area contributed by atoms with Crippen LogP contribution in [0.2, 0.25) is 0 Å². The number of carbonyl (C=O) groups excluding carboxylic acids is 1. The molecular formula is C25H36N2O. The van der Waals surface area contributed by atoms with Gasteiger partial charge in [0.05, 0.1) is 0 Å². The lowest BCUT2D eigenvalue weighted by molar-refractivity contribution is -0.118. The number of nitrogens with zero attached hydrogens (tertiary/aromatic N) is 2. The molecule has 3 heteroatoms. The molecule has 1 atom stereocenters. The largest absolute Gasteiger partial charge is 0.312 e. The SMILES string of the molecule is CCC(=O)N(CC1CCCCN(C)C1)c1ccccc1.CCc1ccccc1. The van der Waals surface area contributed by atoms with Crippen molar-refractivity contribution in [3.8, 4) is 0 Å².